The molecule has 104 valence electrons. The van der Waals surface area contributed by atoms with Gasteiger partial charge >= 0.3 is 0 Å². The van der Waals surface area contributed by atoms with E-state index in [1.54, 1.807) is 10.9 Å². The molecule has 0 aliphatic rings. The lowest BCUT2D eigenvalue weighted by Gasteiger charge is -2.07. The highest BCUT2D eigenvalue weighted by atomic mass is 35.5. The van der Waals surface area contributed by atoms with Crippen LogP contribution in [0.25, 0.3) is 22.4 Å². The Morgan fingerprint density at radius 1 is 1.35 bits per heavy atom. The molecule has 0 atom stereocenters. The van der Waals surface area contributed by atoms with Crippen LogP contribution in [0.4, 0.5) is 5.82 Å². The number of hydrogen-bond acceptors (Lipinski definition) is 3. The van der Waals surface area contributed by atoms with Gasteiger partial charge in [-0.3, -0.25) is 4.68 Å². The zero-order valence-corrected chi connectivity index (χ0v) is 12.2. The maximum Gasteiger partial charge on any atom is 0.146 e. The minimum atomic E-state index is 0.615. The zero-order valence-electron chi connectivity index (χ0n) is 11.5. The SMILES string of the molecule is CCCn1c(-c2cnn(C)c2N)nc2ccc(Cl)cc21. The largest absolute Gasteiger partial charge is 0.383 e. The molecule has 0 saturated carbocycles. The highest BCUT2D eigenvalue weighted by Gasteiger charge is 2.17. The number of halogens is 1. The lowest BCUT2D eigenvalue weighted by atomic mass is 10.3. The average molecular weight is 290 g/mol. The number of fused-ring (bicyclic) bond motifs is 1. The van der Waals surface area contributed by atoms with Crippen LogP contribution >= 0.6 is 11.6 Å². The van der Waals surface area contributed by atoms with Gasteiger partial charge in [-0.2, -0.15) is 5.10 Å². The van der Waals surface area contributed by atoms with Crippen molar-refractivity contribution in [3.63, 3.8) is 0 Å². The fourth-order valence-corrected chi connectivity index (χ4v) is 2.54. The van der Waals surface area contributed by atoms with Crippen molar-refractivity contribution in [2.24, 2.45) is 7.05 Å². The molecule has 20 heavy (non-hydrogen) atoms. The van der Waals surface area contributed by atoms with E-state index in [0.29, 0.717) is 10.8 Å². The average Bonchev–Trinajstić information content (AvgIpc) is 2.93. The number of imidazole rings is 1. The summed E-state index contributed by atoms with van der Waals surface area (Å²) in [6.45, 7) is 2.99. The first kappa shape index (κ1) is 13.0. The fourth-order valence-electron chi connectivity index (χ4n) is 2.37. The van der Waals surface area contributed by atoms with Crippen molar-refractivity contribution in [3.8, 4) is 11.4 Å². The lowest BCUT2D eigenvalue weighted by Crippen LogP contribution is -2.02. The van der Waals surface area contributed by atoms with Crippen LogP contribution in [0.3, 0.4) is 0 Å². The number of nitrogens with two attached hydrogens (primary N) is 1. The molecule has 0 aliphatic carbocycles. The van der Waals surface area contributed by atoms with Gasteiger partial charge in [0.1, 0.15) is 11.6 Å². The number of nitrogen functional groups attached to an aromatic ring is 1. The molecule has 0 radical (unpaired) electrons. The second kappa shape index (κ2) is 4.83. The molecule has 0 saturated heterocycles. The summed E-state index contributed by atoms with van der Waals surface area (Å²) in [5.74, 6) is 1.46. The number of nitrogens with zero attached hydrogens (tertiary/aromatic N) is 4. The number of rotatable bonds is 3. The van der Waals surface area contributed by atoms with Crippen molar-refractivity contribution in [2.45, 2.75) is 19.9 Å². The summed E-state index contributed by atoms with van der Waals surface area (Å²) in [6, 6.07) is 5.72. The predicted octanol–water partition coefficient (Wildman–Crippen LogP) is 3.08. The van der Waals surface area contributed by atoms with Crippen molar-refractivity contribution >= 4 is 28.5 Å². The van der Waals surface area contributed by atoms with Crippen LogP contribution in [0, 0.1) is 0 Å². The number of aromatic nitrogens is 4. The molecule has 5 nitrogen and oxygen atoms in total. The fraction of sp³-hybridized carbons (Fsp3) is 0.286. The van der Waals surface area contributed by atoms with Crippen molar-refractivity contribution in [2.75, 3.05) is 5.73 Å². The van der Waals surface area contributed by atoms with Crippen LogP contribution < -0.4 is 5.73 Å². The normalized spacial score (nSPS) is 11.3. The maximum absolute atomic E-state index is 6.10. The van der Waals surface area contributed by atoms with Crippen molar-refractivity contribution in [1.82, 2.24) is 19.3 Å². The van der Waals surface area contributed by atoms with E-state index in [4.69, 9.17) is 17.3 Å². The third-order valence-corrected chi connectivity index (χ3v) is 3.62. The Bertz CT molecular complexity index is 771. The van der Waals surface area contributed by atoms with Gasteiger partial charge in [0.25, 0.3) is 0 Å². The van der Waals surface area contributed by atoms with E-state index in [9.17, 15) is 0 Å². The molecular formula is C14H16ClN5. The molecule has 3 aromatic rings. The Morgan fingerprint density at radius 2 is 2.15 bits per heavy atom. The summed E-state index contributed by atoms with van der Waals surface area (Å²) in [5, 5.41) is 4.90. The van der Waals surface area contributed by atoms with Gasteiger partial charge in [0.05, 0.1) is 22.8 Å². The van der Waals surface area contributed by atoms with E-state index in [1.165, 1.54) is 0 Å². The Labute approximate surface area is 122 Å². The van der Waals surface area contributed by atoms with Crippen molar-refractivity contribution in [3.05, 3.63) is 29.4 Å². The van der Waals surface area contributed by atoms with Gasteiger partial charge in [-0.05, 0) is 24.6 Å². The molecule has 6 heteroatoms. The van der Waals surface area contributed by atoms with Gasteiger partial charge in [0, 0.05) is 18.6 Å². The highest BCUT2D eigenvalue weighted by molar-refractivity contribution is 6.31. The zero-order chi connectivity index (χ0) is 14.3. The minimum absolute atomic E-state index is 0.615. The summed E-state index contributed by atoms with van der Waals surface area (Å²) in [6.07, 6.45) is 2.76. The first-order chi connectivity index (χ1) is 9.61. The minimum Gasteiger partial charge on any atom is -0.383 e. The summed E-state index contributed by atoms with van der Waals surface area (Å²) in [5.41, 5.74) is 8.87. The molecule has 0 bridgehead atoms. The van der Waals surface area contributed by atoms with Gasteiger partial charge in [0.2, 0.25) is 0 Å². The van der Waals surface area contributed by atoms with Gasteiger partial charge in [-0.15, -0.1) is 0 Å². The molecule has 0 amide bonds. The molecular weight excluding hydrogens is 274 g/mol. The molecule has 1 aromatic carbocycles. The smallest absolute Gasteiger partial charge is 0.146 e. The van der Waals surface area contributed by atoms with E-state index in [1.807, 2.05) is 25.2 Å². The first-order valence-electron chi connectivity index (χ1n) is 6.55. The Morgan fingerprint density at radius 3 is 2.80 bits per heavy atom. The van der Waals surface area contributed by atoms with E-state index >= 15 is 0 Å². The van der Waals surface area contributed by atoms with Gasteiger partial charge < -0.3 is 10.3 Å². The summed E-state index contributed by atoms with van der Waals surface area (Å²) >= 11 is 6.10. The molecule has 3 rings (SSSR count). The quantitative estimate of drug-likeness (QED) is 0.806. The van der Waals surface area contributed by atoms with Gasteiger partial charge in [0.15, 0.2) is 0 Å². The third-order valence-electron chi connectivity index (χ3n) is 3.38. The monoisotopic (exact) mass is 289 g/mol. The topological polar surface area (TPSA) is 61.7 Å². The van der Waals surface area contributed by atoms with Crippen LogP contribution in [-0.2, 0) is 13.6 Å². The molecule has 0 spiro atoms. The van der Waals surface area contributed by atoms with Crippen LogP contribution in [0.2, 0.25) is 5.02 Å². The summed E-state index contributed by atoms with van der Waals surface area (Å²) in [7, 11) is 1.82. The number of aryl methyl sites for hydroxylation is 2. The van der Waals surface area contributed by atoms with Gasteiger partial charge in [-0.25, -0.2) is 4.98 Å². The summed E-state index contributed by atoms with van der Waals surface area (Å²) in [4.78, 5) is 4.69. The van der Waals surface area contributed by atoms with Crippen LogP contribution in [0.5, 0.6) is 0 Å². The Balaban J connectivity index is 2.29. The number of anilines is 1. The lowest BCUT2D eigenvalue weighted by molar-refractivity contribution is 0.704. The highest BCUT2D eigenvalue weighted by Crippen LogP contribution is 2.30. The van der Waals surface area contributed by atoms with Crippen molar-refractivity contribution < 1.29 is 0 Å². The van der Waals surface area contributed by atoms with Crippen LogP contribution in [0.15, 0.2) is 24.4 Å². The Hall–Kier alpha value is -2.01. The molecule has 2 aromatic heterocycles. The Kier molecular flexibility index (Phi) is 3.14. The summed E-state index contributed by atoms with van der Waals surface area (Å²) < 4.78 is 3.80. The maximum atomic E-state index is 6.10. The molecule has 0 aliphatic heterocycles. The molecule has 2 heterocycles. The van der Waals surface area contributed by atoms with E-state index in [0.717, 1.165) is 35.4 Å². The van der Waals surface area contributed by atoms with Crippen molar-refractivity contribution in [1.29, 1.82) is 0 Å². The molecule has 0 fully saturated rings. The van der Waals surface area contributed by atoms with Crippen LogP contribution in [0.1, 0.15) is 13.3 Å². The second-order valence-electron chi connectivity index (χ2n) is 4.79. The second-order valence-corrected chi connectivity index (χ2v) is 5.22. The molecule has 2 N–H and O–H groups in total. The first-order valence-corrected chi connectivity index (χ1v) is 6.93. The van der Waals surface area contributed by atoms with E-state index < -0.39 is 0 Å². The molecule has 0 unspecified atom stereocenters. The standard InChI is InChI=1S/C14H16ClN5/c1-3-6-20-12-7-9(15)4-5-11(12)18-14(20)10-8-17-19(2)13(10)16/h4-5,7-8H,3,6,16H2,1-2H3. The van der Waals surface area contributed by atoms with Gasteiger partial charge in [-0.1, -0.05) is 18.5 Å². The van der Waals surface area contributed by atoms with E-state index in [2.05, 4.69) is 21.6 Å². The van der Waals surface area contributed by atoms with E-state index in [-0.39, 0.29) is 0 Å². The number of benzene rings is 1. The van der Waals surface area contributed by atoms with Crippen LogP contribution in [-0.4, -0.2) is 19.3 Å². The predicted molar refractivity (Wildman–Crippen MR) is 81.6 cm³/mol. The third kappa shape index (κ3) is 1.94. The number of hydrogen-bond donors (Lipinski definition) is 1.